The van der Waals surface area contributed by atoms with Gasteiger partial charge in [-0.1, -0.05) is 6.07 Å². The summed E-state index contributed by atoms with van der Waals surface area (Å²) in [6.07, 6.45) is 1.53. The molecule has 0 atom stereocenters. The minimum absolute atomic E-state index is 0.00837. The van der Waals surface area contributed by atoms with Crippen molar-refractivity contribution in [2.24, 2.45) is 12.0 Å². The second-order valence-corrected chi connectivity index (χ2v) is 5.38. The Balaban J connectivity index is 2.00. The van der Waals surface area contributed by atoms with Crippen LogP contribution in [0.5, 0.6) is 0 Å². The second kappa shape index (κ2) is 6.05. The first kappa shape index (κ1) is 16.1. The van der Waals surface area contributed by atoms with Crippen molar-refractivity contribution in [3.63, 3.8) is 0 Å². The molecular weight excluding hydrogens is 324 g/mol. The van der Waals surface area contributed by atoms with Crippen molar-refractivity contribution in [2.75, 3.05) is 0 Å². The Hall–Kier alpha value is -3.73. The van der Waals surface area contributed by atoms with E-state index in [9.17, 15) is 14.9 Å². The lowest BCUT2D eigenvalue weighted by molar-refractivity contribution is -0.384. The summed E-state index contributed by atoms with van der Waals surface area (Å²) in [6.45, 7) is 1.82. The number of hydrogen-bond acceptors (Lipinski definition) is 6. The van der Waals surface area contributed by atoms with Gasteiger partial charge in [0, 0.05) is 30.4 Å². The molecule has 25 heavy (non-hydrogen) atoms. The average Bonchev–Trinajstić information content (AvgIpc) is 3.10. The molecule has 0 spiro atoms. The Morgan fingerprint density at radius 2 is 2.16 bits per heavy atom. The maximum absolute atomic E-state index is 12.0. The van der Waals surface area contributed by atoms with Crippen molar-refractivity contribution < 1.29 is 14.5 Å². The van der Waals surface area contributed by atoms with Gasteiger partial charge in [0.05, 0.1) is 4.92 Å². The van der Waals surface area contributed by atoms with Gasteiger partial charge in [-0.05, 0) is 30.7 Å². The molecule has 0 saturated carbocycles. The van der Waals surface area contributed by atoms with Crippen LogP contribution in [0.1, 0.15) is 22.5 Å². The highest BCUT2D eigenvalue weighted by Gasteiger charge is 2.25. The third-order valence-electron chi connectivity index (χ3n) is 3.91. The average molecular weight is 336 g/mol. The molecule has 0 bridgehead atoms. The Morgan fingerprint density at radius 1 is 1.40 bits per heavy atom. The smallest absolute Gasteiger partial charge is 0.363 e. The Labute approximate surface area is 142 Å². The van der Waals surface area contributed by atoms with E-state index in [4.69, 9.17) is 10.00 Å². The lowest BCUT2D eigenvalue weighted by Gasteiger charge is -1.98. The van der Waals surface area contributed by atoms with E-state index in [1.54, 1.807) is 23.7 Å². The van der Waals surface area contributed by atoms with Gasteiger partial charge in [0.2, 0.25) is 5.90 Å². The standard InChI is InChI=1S/C17H12N4O4/c1-10-12(7-14(9-18)20(10)2)8-15-17(22)25-16(19-15)11-4-3-5-13(6-11)21(23)24/h3-8H,1-2H3. The molecule has 1 aromatic heterocycles. The number of benzene rings is 1. The molecule has 8 heteroatoms. The number of cyclic esters (lactones) is 1. The molecule has 1 aliphatic heterocycles. The van der Waals surface area contributed by atoms with E-state index in [-0.39, 0.29) is 17.3 Å². The van der Waals surface area contributed by atoms with Crippen LogP contribution >= 0.6 is 0 Å². The number of nitro groups is 1. The fraction of sp³-hybridized carbons (Fsp3) is 0.118. The molecule has 1 aliphatic rings. The minimum Gasteiger partial charge on any atom is -0.402 e. The van der Waals surface area contributed by atoms with E-state index in [2.05, 4.69) is 11.1 Å². The van der Waals surface area contributed by atoms with Gasteiger partial charge >= 0.3 is 5.97 Å². The lowest BCUT2D eigenvalue weighted by atomic mass is 10.2. The van der Waals surface area contributed by atoms with Gasteiger partial charge in [0.1, 0.15) is 11.8 Å². The predicted molar refractivity (Wildman–Crippen MR) is 88.6 cm³/mol. The second-order valence-electron chi connectivity index (χ2n) is 5.38. The number of aromatic nitrogens is 1. The van der Waals surface area contributed by atoms with Crippen LogP contribution in [0.2, 0.25) is 0 Å². The molecule has 0 radical (unpaired) electrons. The van der Waals surface area contributed by atoms with E-state index >= 15 is 0 Å². The number of hydrogen-bond donors (Lipinski definition) is 0. The first-order chi connectivity index (χ1) is 11.9. The number of aliphatic imine (C=N–C) groups is 1. The first-order valence-corrected chi connectivity index (χ1v) is 7.24. The molecule has 3 rings (SSSR count). The number of ether oxygens (including phenoxy) is 1. The Morgan fingerprint density at radius 3 is 2.80 bits per heavy atom. The van der Waals surface area contributed by atoms with E-state index in [1.165, 1.54) is 24.3 Å². The van der Waals surface area contributed by atoms with Crippen LogP contribution in [-0.2, 0) is 16.6 Å². The first-order valence-electron chi connectivity index (χ1n) is 7.24. The number of carbonyl (C=O) groups is 1. The molecule has 0 saturated heterocycles. The van der Waals surface area contributed by atoms with Gasteiger partial charge in [-0.3, -0.25) is 10.1 Å². The highest BCUT2D eigenvalue weighted by Crippen LogP contribution is 2.23. The number of nitrogens with zero attached hydrogens (tertiary/aromatic N) is 4. The largest absolute Gasteiger partial charge is 0.402 e. The van der Waals surface area contributed by atoms with Crippen LogP contribution in [0.15, 0.2) is 41.0 Å². The number of esters is 1. The number of rotatable bonds is 3. The SMILES string of the molecule is Cc1c(C=C2N=C(c3cccc([N+](=O)[O-])c3)OC2=O)cc(C#N)n1C. The van der Waals surface area contributed by atoms with E-state index in [1.807, 2.05) is 6.92 Å². The Kier molecular flexibility index (Phi) is 3.91. The summed E-state index contributed by atoms with van der Waals surface area (Å²) in [6, 6.07) is 9.41. The molecule has 124 valence electrons. The van der Waals surface area contributed by atoms with Crippen molar-refractivity contribution in [1.29, 1.82) is 5.26 Å². The van der Waals surface area contributed by atoms with Crippen molar-refractivity contribution in [3.8, 4) is 6.07 Å². The highest BCUT2D eigenvalue weighted by molar-refractivity contribution is 6.13. The predicted octanol–water partition coefficient (Wildman–Crippen LogP) is 2.46. The summed E-state index contributed by atoms with van der Waals surface area (Å²) >= 11 is 0. The van der Waals surface area contributed by atoms with Crippen LogP contribution in [0.25, 0.3) is 6.08 Å². The van der Waals surface area contributed by atoms with E-state index < -0.39 is 10.9 Å². The highest BCUT2D eigenvalue weighted by atomic mass is 16.6. The zero-order chi connectivity index (χ0) is 18.1. The molecule has 2 aromatic rings. The third-order valence-corrected chi connectivity index (χ3v) is 3.91. The van der Waals surface area contributed by atoms with Crippen LogP contribution in [0.4, 0.5) is 5.69 Å². The van der Waals surface area contributed by atoms with Gasteiger partial charge in [-0.25, -0.2) is 9.79 Å². The van der Waals surface area contributed by atoms with Crippen LogP contribution in [-0.4, -0.2) is 21.4 Å². The summed E-state index contributed by atoms with van der Waals surface area (Å²) in [4.78, 5) is 26.5. The quantitative estimate of drug-likeness (QED) is 0.370. The molecule has 0 amide bonds. The van der Waals surface area contributed by atoms with Gasteiger partial charge in [0.15, 0.2) is 5.70 Å². The molecule has 0 N–H and O–H groups in total. The molecular formula is C17H12N4O4. The van der Waals surface area contributed by atoms with Gasteiger partial charge in [0.25, 0.3) is 5.69 Å². The fourth-order valence-electron chi connectivity index (χ4n) is 2.41. The topological polar surface area (TPSA) is 111 Å². The van der Waals surface area contributed by atoms with Gasteiger partial charge in [-0.15, -0.1) is 0 Å². The van der Waals surface area contributed by atoms with Crippen LogP contribution in [0.3, 0.4) is 0 Å². The minimum atomic E-state index is -0.650. The van der Waals surface area contributed by atoms with Crippen LogP contribution in [0, 0.1) is 28.4 Å². The van der Waals surface area contributed by atoms with Crippen molar-refractivity contribution in [2.45, 2.75) is 6.92 Å². The number of non-ortho nitro benzene ring substituents is 1. The number of carbonyl (C=O) groups excluding carboxylic acids is 1. The monoisotopic (exact) mass is 336 g/mol. The third kappa shape index (κ3) is 2.90. The molecule has 0 aliphatic carbocycles. The summed E-state index contributed by atoms with van der Waals surface area (Å²) in [5.74, 6) is -0.641. The molecule has 1 aromatic carbocycles. The fourth-order valence-corrected chi connectivity index (χ4v) is 2.41. The maximum Gasteiger partial charge on any atom is 0.363 e. The molecule has 0 unspecified atom stereocenters. The summed E-state index contributed by atoms with van der Waals surface area (Å²) in [5, 5.41) is 19.9. The van der Waals surface area contributed by atoms with Crippen molar-refractivity contribution >= 4 is 23.6 Å². The van der Waals surface area contributed by atoms with E-state index in [0.717, 1.165) is 5.69 Å². The lowest BCUT2D eigenvalue weighted by Crippen LogP contribution is -2.05. The van der Waals surface area contributed by atoms with Crippen molar-refractivity contribution in [1.82, 2.24) is 4.57 Å². The summed E-state index contributed by atoms with van der Waals surface area (Å²) < 4.78 is 6.82. The molecule has 8 nitrogen and oxygen atoms in total. The summed E-state index contributed by atoms with van der Waals surface area (Å²) in [7, 11) is 1.75. The Bertz CT molecular complexity index is 1010. The van der Waals surface area contributed by atoms with Gasteiger partial charge < -0.3 is 9.30 Å². The number of nitro benzene ring substituents is 1. The van der Waals surface area contributed by atoms with Gasteiger partial charge in [-0.2, -0.15) is 5.26 Å². The van der Waals surface area contributed by atoms with Crippen molar-refractivity contribution in [3.05, 3.63) is 68.7 Å². The summed E-state index contributed by atoms with van der Waals surface area (Å²) in [5.41, 5.74) is 2.23. The maximum atomic E-state index is 12.0. The number of nitriles is 1. The zero-order valence-corrected chi connectivity index (χ0v) is 13.4. The zero-order valence-electron chi connectivity index (χ0n) is 13.4. The van der Waals surface area contributed by atoms with E-state index in [0.29, 0.717) is 16.8 Å². The van der Waals surface area contributed by atoms with Crippen LogP contribution < -0.4 is 0 Å². The molecule has 2 heterocycles. The normalized spacial score (nSPS) is 15.0. The molecule has 0 fully saturated rings.